The van der Waals surface area contributed by atoms with Crippen LogP contribution in [0, 0.1) is 0 Å². The van der Waals surface area contributed by atoms with Crippen LogP contribution in [0.5, 0.6) is 0 Å². The molecule has 0 aromatic heterocycles. The number of hydrogen-bond donors (Lipinski definition) is 3. The van der Waals surface area contributed by atoms with Crippen LogP contribution in [0.4, 0.5) is 0 Å². The van der Waals surface area contributed by atoms with Crippen molar-refractivity contribution in [3.63, 3.8) is 0 Å². The number of phosphoric ester groups is 1. The number of aliphatic hydroxyl groups is 1. The number of likely N-dealkylation sites (N-methyl/N-ethyl adjacent to an activating group) is 1. The highest BCUT2D eigenvalue weighted by molar-refractivity contribution is 7.47. The van der Waals surface area contributed by atoms with Crippen LogP contribution in [0.2, 0.25) is 0 Å². The van der Waals surface area contributed by atoms with E-state index >= 15 is 0 Å². The number of unbranched alkanes of at least 4 members (excludes halogenated alkanes) is 17. The van der Waals surface area contributed by atoms with E-state index in [0.29, 0.717) is 17.4 Å². The number of quaternary nitrogens is 1. The number of allylic oxidation sites excluding steroid dienone is 11. The third-order valence-electron chi connectivity index (χ3n) is 9.64. The Hall–Kier alpha value is -2.06. The molecule has 0 aromatic carbocycles. The molecule has 8 nitrogen and oxygen atoms in total. The molecule has 0 saturated heterocycles. The number of aliphatic hydroxyl groups excluding tert-OH is 1. The molecule has 0 saturated carbocycles. The molecular weight excluding hydrogens is 732 g/mol. The van der Waals surface area contributed by atoms with Crippen molar-refractivity contribution in [2.45, 2.75) is 187 Å². The summed E-state index contributed by atoms with van der Waals surface area (Å²) in [7, 11) is 1.52. The van der Waals surface area contributed by atoms with Gasteiger partial charge in [-0.1, -0.05) is 164 Å². The molecule has 330 valence electrons. The van der Waals surface area contributed by atoms with Gasteiger partial charge in [0.1, 0.15) is 13.2 Å². The number of nitrogens with one attached hydrogen (secondary N) is 1. The van der Waals surface area contributed by atoms with Crippen LogP contribution in [-0.4, -0.2) is 73.4 Å². The molecule has 0 aliphatic rings. The smallest absolute Gasteiger partial charge is 0.387 e. The summed E-state index contributed by atoms with van der Waals surface area (Å²) in [6.45, 7) is 4.64. The van der Waals surface area contributed by atoms with Gasteiger partial charge in [-0.3, -0.25) is 13.8 Å². The van der Waals surface area contributed by atoms with Crippen LogP contribution in [-0.2, 0) is 18.4 Å². The van der Waals surface area contributed by atoms with Crippen molar-refractivity contribution in [1.82, 2.24) is 5.32 Å². The van der Waals surface area contributed by atoms with Gasteiger partial charge < -0.3 is 19.8 Å². The fourth-order valence-corrected chi connectivity index (χ4v) is 6.76. The van der Waals surface area contributed by atoms with Crippen LogP contribution in [0.1, 0.15) is 174 Å². The molecule has 0 spiro atoms. The number of carbonyl (C=O) groups is 1. The lowest BCUT2D eigenvalue weighted by atomic mass is 10.1. The van der Waals surface area contributed by atoms with Crippen molar-refractivity contribution in [1.29, 1.82) is 0 Å². The second-order valence-electron chi connectivity index (χ2n) is 16.4. The Morgan fingerprint density at radius 3 is 1.61 bits per heavy atom. The van der Waals surface area contributed by atoms with Crippen molar-refractivity contribution in [3.8, 4) is 0 Å². The topological polar surface area (TPSA) is 105 Å². The quantitative estimate of drug-likeness (QED) is 0.0246. The summed E-state index contributed by atoms with van der Waals surface area (Å²) >= 11 is 0. The Bertz CT molecular complexity index is 1160. The number of nitrogens with zero attached hydrogens (tertiary/aromatic N) is 1. The average molecular weight is 820 g/mol. The maximum Gasteiger partial charge on any atom is 0.472 e. The van der Waals surface area contributed by atoms with Gasteiger partial charge in [0, 0.05) is 6.42 Å². The standard InChI is InChI=1S/C48H87N2O6P/c1-6-8-10-12-14-16-18-20-22-23-24-25-26-28-29-31-33-35-37-39-41-47(51)46(45-56-57(53,54)55-44-43-50(3,4)5)49-48(52)42-40-38-36-34-32-30-27-21-19-17-15-13-11-9-7-2/h9,11,15,17,21,25-27,31,33,39,41,46-47,51H,6-8,10,12-14,16,18-20,22-24,28-30,32,34-38,40,42-45H2,1-5H3,(H-,49,52,53,54)/p+1/b11-9-,17-15-,26-25+,27-21-,33-31+,41-39+. The Morgan fingerprint density at radius 2 is 1.07 bits per heavy atom. The summed E-state index contributed by atoms with van der Waals surface area (Å²) in [5.74, 6) is -0.212. The van der Waals surface area contributed by atoms with E-state index in [9.17, 15) is 19.4 Å². The molecule has 3 unspecified atom stereocenters. The molecule has 0 bridgehead atoms. The van der Waals surface area contributed by atoms with Crippen molar-refractivity contribution < 1.29 is 32.9 Å². The van der Waals surface area contributed by atoms with Crippen LogP contribution in [0.3, 0.4) is 0 Å². The molecule has 0 radical (unpaired) electrons. The van der Waals surface area contributed by atoms with E-state index in [1.54, 1.807) is 6.08 Å². The molecule has 0 heterocycles. The third-order valence-corrected chi connectivity index (χ3v) is 10.6. The first-order valence-corrected chi connectivity index (χ1v) is 24.3. The molecule has 0 aliphatic carbocycles. The fraction of sp³-hybridized carbons (Fsp3) is 0.729. The molecule has 3 N–H and O–H groups in total. The lowest BCUT2D eigenvalue weighted by molar-refractivity contribution is -0.870. The van der Waals surface area contributed by atoms with Gasteiger partial charge in [-0.25, -0.2) is 4.57 Å². The van der Waals surface area contributed by atoms with E-state index in [4.69, 9.17) is 9.05 Å². The number of carbonyl (C=O) groups excluding carboxylic acids is 1. The molecule has 57 heavy (non-hydrogen) atoms. The summed E-state index contributed by atoms with van der Waals surface area (Å²) in [5.41, 5.74) is 0. The second kappa shape index (κ2) is 39.4. The lowest BCUT2D eigenvalue weighted by Crippen LogP contribution is -2.45. The summed E-state index contributed by atoms with van der Waals surface area (Å²) < 4.78 is 23.5. The predicted octanol–water partition coefficient (Wildman–Crippen LogP) is 12.8. The van der Waals surface area contributed by atoms with E-state index in [2.05, 4.69) is 79.9 Å². The monoisotopic (exact) mass is 820 g/mol. The van der Waals surface area contributed by atoms with Gasteiger partial charge in [0.05, 0.1) is 39.9 Å². The number of phosphoric acid groups is 1. The minimum atomic E-state index is -4.36. The predicted molar refractivity (Wildman–Crippen MR) is 244 cm³/mol. The van der Waals surface area contributed by atoms with Gasteiger partial charge in [-0.15, -0.1) is 0 Å². The molecule has 1 amide bonds. The van der Waals surface area contributed by atoms with Crippen LogP contribution >= 0.6 is 7.82 Å². The van der Waals surface area contributed by atoms with E-state index in [1.807, 2.05) is 27.2 Å². The lowest BCUT2D eigenvalue weighted by Gasteiger charge is -2.25. The van der Waals surface area contributed by atoms with Gasteiger partial charge in [0.25, 0.3) is 0 Å². The van der Waals surface area contributed by atoms with Crippen molar-refractivity contribution in [2.75, 3.05) is 40.9 Å². The Kier molecular flexibility index (Phi) is 38.0. The highest BCUT2D eigenvalue weighted by atomic mass is 31.2. The van der Waals surface area contributed by atoms with Crippen LogP contribution in [0.25, 0.3) is 0 Å². The molecule has 3 atom stereocenters. The molecular formula is C48H88N2O6P+. The normalized spacial score (nSPS) is 15.0. The first-order chi connectivity index (χ1) is 27.5. The zero-order chi connectivity index (χ0) is 42.1. The second-order valence-corrected chi connectivity index (χ2v) is 17.8. The number of amides is 1. The Balaban J connectivity index is 4.52. The van der Waals surface area contributed by atoms with E-state index in [-0.39, 0.29) is 19.1 Å². The van der Waals surface area contributed by atoms with Crippen molar-refractivity contribution in [2.24, 2.45) is 0 Å². The Morgan fingerprint density at radius 1 is 0.614 bits per heavy atom. The van der Waals surface area contributed by atoms with Gasteiger partial charge in [0.15, 0.2) is 0 Å². The third kappa shape index (κ3) is 41.9. The largest absolute Gasteiger partial charge is 0.472 e. The van der Waals surface area contributed by atoms with Crippen LogP contribution < -0.4 is 5.32 Å². The average Bonchev–Trinajstić information content (AvgIpc) is 3.16. The minimum absolute atomic E-state index is 0.0464. The van der Waals surface area contributed by atoms with E-state index in [1.165, 1.54) is 70.6 Å². The maximum atomic E-state index is 12.9. The zero-order valence-electron chi connectivity index (χ0n) is 37.3. The summed E-state index contributed by atoms with van der Waals surface area (Å²) in [6, 6.07) is -0.881. The summed E-state index contributed by atoms with van der Waals surface area (Å²) in [5, 5.41) is 13.8. The molecule has 0 aliphatic heterocycles. The van der Waals surface area contributed by atoms with Gasteiger partial charge in [0.2, 0.25) is 5.91 Å². The first kappa shape index (κ1) is 54.9. The van der Waals surface area contributed by atoms with Crippen LogP contribution in [0.15, 0.2) is 72.9 Å². The SMILES string of the molecule is CC/C=C\C/C=C\C/C=C\CCCCCCCC(=O)NC(COP(=O)(O)OCC[N+](C)(C)C)C(O)/C=C/CC/C=C/CC/C=C/CCCCCCCCCCCC. The molecule has 0 aromatic rings. The molecule has 0 rings (SSSR count). The molecule has 0 fully saturated rings. The number of hydrogen-bond acceptors (Lipinski definition) is 5. The highest BCUT2D eigenvalue weighted by Gasteiger charge is 2.27. The van der Waals surface area contributed by atoms with Gasteiger partial charge in [-0.2, -0.15) is 0 Å². The Labute approximate surface area is 351 Å². The van der Waals surface area contributed by atoms with E-state index in [0.717, 1.165) is 83.5 Å². The first-order valence-electron chi connectivity index (χ1n) is 22.8. The van der Waals surface area contributed by atoms with Crippen molar-refractivity contribution in [3.05, 3.63) is 72.9 Å². The van der Waals surface area contributed by atoms with E-state index < -0.39 is 20.0 Å². The number of rotatable bonds is 40. The van der Waals surface area contributed by atoms with Gasteiger partial charge >= 0.3 is 7.82 Å². The summed E-state index contributed by atoms with van der Waals surface area (Å²) in [4.78, 5) is 23.1. The summed E-state index contributed by atoms with van der Waals surface area (Å²) in [6.07, 6.45) is 52.6. The maximum absolute atomic E-state index is 12.9. The molecule has 9 heteroatoms. The van der Waals surface area contributed by atoms with Gasteiger partial charge in [-0.05, 0) is 77.0 Å². The highest BCUT2D eigenvalue weighted by Crippen LogP contribution is 2.43. The van der Waals surface area contributed by atoms with Crippen molar-refractivity contribution >= 4 is 13.7 Å². The fourth-order valence-electron chi connectivity index (χ4n) is 6.03. The zero-order valence-corrected chi connectivity index (χ0v) is 38.2. The minimum Gasteiger partial charge on any atom is -0.387 e.